The first kappa shape index (κ1) is 61.7. The molecule has 2 unspecified atom stereocenters. The summed E-state index contributed by atoms with van der Waals surface area (Å²) in [5.74, 6) is 1.72. The minimum Gasteiger partial charge on any atom is -0.487 e. The van der Waals surface area contributed by atoms with Gasteiger partial charge in [0.05, 0.1) is 18.6 Å². The minimum atomic E-state index is -0.514. The molecular formula is C57H111N3O4. The van der Waals surface area contributed by atoms with Crippen LogP contribution in [0.25, 0.3) is 0 Å². The van der Waals surface area contributed by atoms with Gasteiger partial charge in [-0.2, -0.15) is 0 Å². The summed E-state index contributed by atoms with van der Waals surface area (Å²) in [4.78, 5) is 26.3. The van der Waals surface area contributed by atoms with Crippen LogP contribution in [0.2, 0.25) is 0 Å². The molecule has 64 heavy (non-hydrogen) atoms. The molecule has 1 heterocycles. The number of hydrogen-bond donors (Lipinski definition) is 2. The summed E-state index contributed by atoms with van der Waals surface area (Å²) in [7, 11) is 0. The van der Waals surface area contributed by atoms with Crippen molar-refractivity contribution in [2.75, 3.05) is 26.2 Å². The number of carbonyl (C=O) groups is 2. The SMILES string of the molecule is C=C=C(CCCCCCCN(CCCCCCCC(=C=C)OC(CCCCCCCC)CCCCCCCC)CCCNC1NC(=O)CC1=O)OC(CC)CCCCCCCC.CC.[HH].[HH]. The monoisotopic (exact) mass is 902 g/mol. The number of carbonyl (C=O) groups excluding carboxylic acids is 2. The van der Waals surface area contributed by atoms with Crippen molar-refractivity contribution >= 4 is 11.7 Å². The highest BCUT2D eigenvalue weighted by Crippen LogP contribution is 2.22. The Morgan fingerprint density at radius 3 is 1.36 bits per heavy atom. The molecular weight excluding hydrogens is 791 g/mol. The third-order valence-electron chi connectivity index (χ3n) is 12.8. The summed E-state index contributed by atoms with van der Waals surface area (Å²) < 4.78 is 13.0. The second kappa shape index (κ2) is 47.2. The Morgan fingerprint density at radius 1 is 0.578 bits per heavy atom. The molecule has 1 amide bonds. The lowest BCUT2D eigenvalue weighted by molar-refractivity contribution is -0.122. The van der Waals surface area contributed by atoms with Gasteiger partial charge in [0.1, 0.15) is 17.7 Å². The summed E-state index contributed by atoms with van der Waals surface area (Å²) in [6.07, 6.45) is 43.4. The smallest absolute Gasteiger partial charge is 0.229 e. The van der Waals surface area contributed by atoms with Gasteiger partial charge in [-0.3, -0.25) is 14.9 Å². The fourth-order valence-corrected chi connectivity index (χ4v) is 8.75. The molecule has 378 valence electrons. The Labute approximate surface area is 401 Å². The van der Waals surface area contributed by atoms with Crippen molar-refractivity contribution in [1.29, 1.82) is 0 Å². The summed E-state index contributed by atoms with van der Waals surface area (Å²) in [6, 6.07) is 0. The van der Waals surface area contributed by atoms with Crippen molar-refractivity contribution in [2.24, 2.45) is 0 Å². The lowest BCUT2D eigenvalue weighted by Gasteiger charge is -2.23. The molecule has 1 aliphatic rings. The molecule has 1 fully saturated rings. The number of rotatable bonds is 47. The number of amides is 1. The highest BCUT2D eigenvalue weighted by Gasteiger charge is 2.29. The average Bonchev–Trinajstić information content (AvgIpc) is 3.64. The minimum absolute atomic E-state index is 0. The molecule has 1 saturated heterocycles. The quantitative estimate of drug-likeness (QED) is 0.0274. The third-order valence-corrected chi connectivity index (χ3v) is 12.8. The maximum atomic E-state index is 12.1. The van der Waals surface area contributed by atoms with Gasteiger partial charge in [-0.05, 0) is 103 Å². The second-order valence-electron chi connectivity index (χ2n) is 18.6. The maximum absolute atomic E-state index is 12.1. The number of hydrogen-bond acceptors (Lipinski definition) is 6. The van der Waals surface area contributed by atoms with Crippen molar-refractivity contribution < 1.29 is 21.9 Å². The Hall–Kier alpha value is -2.30. The molecule has 7 heteroatoms. The number of allylic oxidation sites excluding steroid dienone is 2. The van der Waals surface area contributed by atoms with Crippen molar-refractivity contribution in [2.45, 2.75) is 291 Å². The number of unbranched alkanes of at least 4 members (excludes halogenated alkanes) is 23. The fraction of sp³-hybridized carbons (Fsp3) is 0.860. The van der Waals surface area contributed by atoms with Gasteiger partial charge in [0.2, 0.25) is 5.91 Å². The summed E-state index contributed by atoms with van der Waals surface area (Å²) in [5, 5.41) is 6.01. The number of ether oxygens (including phenoxy) is 2. The normalized spacial score (nSPS) is 14.0. The highest BCUT2D eigenvalue weighted by molar-refractivity contribution is 6.07. The first-order valence-corrected chi connectivity index (χ1v) is 27.8. The van der Waals surface area contributed by atoms with Gasteiger partial charge in [0.25, 0.3) is 0 Å². The van der Waals surface area contributed by atoms with E-state index >= 15 is 0 Å². The Balaban J connectivity index is -0.00000977. The zero-order chi connectivity index (χ0) is 47.1. The standard InChI is InChI=1S/C55H101N3O4.C2H6.2H2/c1-7-13-16-19-24-31-39-49(10-4)61-50(11-5)40-32-27-22-29-36-45-58(47-38-44-56-55-53(59)48-54(60)57-55)46-37-30-23-28-33-41-51(12-6)62-52(42-34-25-20-17-14-8-2)43-35-26-21-18-15-9-3;1-2;;/h49,52,55-56H,5-10,13-48H2,1-4H3,(H,57,60);1-2H3;2*1H. The van der Waals surface area contributed by atoms with Crippen LogP contribution in [-0.4, -0.2) is 61.1 Å². The van der Waals surface area contributed by atoms with Crippen molar-refractivity contribution in [3.63, 3.8) is 0 Å². The van der Waals surface area contributed by atoms with Crippen LogP contribution in [0.15, 0.2) is 36.1 Å². The number of Topliss-reactive ketones (excluding diaryl/α,β-unsaturated/α-hetero) is 1. The zero-order valence-corrected chi connectivity index (χ0v) is 43.5. The molecule has 2 N–H and O–H groups in total. The number of nitrogens with one attached hydrogen (secondary N) is 2. The van der Waals surface area contributed by atoms with E-state index in [1.165, 1.54) is 167 Å². The molecule has 0 bridgehead atoms. The van der Waals surface area contributed by atoms with Gasteiger partial charge < -0.3 is 19.7 Å². The summed E-state index contributed by atoms with van der Waals surface area (Å²) >= 11 is 0. The second-order valence-corrected chi connectivity index (χ2v) is 18.6. The largest absolute Gasteiger partial charge is 0.487 e. The highest BCUT2D eigenvalue weighted by atomic mass is 16.5. The molecule has 7 nitrogen and oxygen atoms in total. The van der Waals surface area contributed by atoms with E-state index in [-0.39, 0.29) is 21.0 Å². The average molecular weight is 903 g/mol. The molecule has 0 radical (unpaired) electrons. The van der Waals surface area contributed by atoms with Gasteiger partial charge in [-0.15, -0.1) is 0 Å². The van der Waals surface area contributed by atoms with Crippen LogP contribution in [0.4, 0.5) is 0 Å². The summed E-state index contributed by atoms with van der Waals surface area (Å²) in [5.41, 5.74) is 6.28. The Morgan fingerprint density at radius 2 is 0.953 bits per heavy atom. The Kier molecular flexibility index (Phi) is 45.5. The molecule has 0 spiro atoms. The van der Waals surface area contributed by atoms with Crippen LogP contribution >= 0.6 is 0 Å². The van der Waals surface area contributed by atoms with Crippen LogP contribution in [0.3, 0.4) is 0 Å². The van der Waals surface area contributed by atoms with E-state index in [2.05, 4.69) is 67.8 Å². The molecule has 0 saturated carbocycles. The number of nitrogens with zero attached hydrogens (tertiary/aromatic N) is 1. The Bertz CT molecular complexity index is 1170. The molecule has 0 aromatic rings. The van der Waals surface area contributed by atoms with E-state index in [1.54, 1.807) is 0 Å². The van der Waals surface area contributed by atoms with Gasteiger partial charge in [-0.25, -0.2) is 0 Å². The van der Waals surface area contributed by atoms with Crippen LogP contribution in [0.5, 0.6) is 0 Å². The van der Waals surface area contributed by atoms with E-state index in [9.17, 15) is 9.59 Å². The van der Waals surface area contributed by atoms with Crippen LogP contribution < -0.4 is 10.6 Å². The van der Waals surface area contributed by atoms with Gasteiger partial charge >= 0.3 is 0 Å². The lowest BCUT2D eigenvalue weighted by atomic mass is 10.0. The van der Waals surface area contributed by atoms with Gasteiger partial charge in [0.15, 0.2) is 5.78 Å². The third kappa shape index (κ3) is 36.9. The first-order valence-electron chi connectivity index (χ1n) is 27.8. The predicted molar refractivity (Wildman–Crippen MR) is 281 cm³/mol. The molecule has 0 aromatic carbocycles. The number of ketones is 1. The molecule has 0 aromatic heterocycles. The van der Waals surface area contributed by atoms with E-state index in [0.29, 0.717) is 12.2 Å². The zero-order valence-electron chi connectivity index (χ0n) is 43.5. The van der Waals surface area contributed by atoms with Crippen LogP contribution in [0.1, 0.15) is 276 Å². The fourth-order valence-electron chi connectivity index (χ4n) is 8.75. The van der Waals surface area contributed by atoms with Gasteiger partial charge in [-0.1, -0.05) is 201 Å². The van der Waals surface area contributed by atoms with E-state index in [1.807, 2.05) is 13.8 Å². The summed E-state index contributed by atoms with van der Waals surface area (Å²) in [6.45, 7) is 25.0. The first-order chi connectivity index (χ1) is 31.4. The van der Waals surface area contributed by atoms with E-state index in [4.69, 9.17) is 9.47 Å². The van der Waals surface area contributed by atoms with Crippen molar-refractivity contribution in [3.05, 3.63) is 36.1 Å². The molecule has 2 atom stereocenters. The van der Waals surface area contributed by atoms with E-state index in [0.717, 1.165) is 95.5 Å². The van der Waals surface area contributed by atoms with Gasteiger partial charge in [0, 0.05) is 15.7 Å². The molecule has 0 aliphatic carbocycles. The van der Waals surface area contributed by atoms with Crippen LogP contribution in [0, 0.1) is 0 Å². The maximum Gasteiger partial charge on any atom is 0.229 e. The molecule has 1 rings (SSSR count). The lowest BCUT2D eigenvalue weighted by Crippen LogP contribution is -2.44. The van der Waals surface area contributed by atoms with Crippen molar-refractivity contribution in [3.8, 4) is 0 Å². The van der Waals surface area contributed by atoms with E-state index < -0.39 is 6.17 Å². The topological polar surface area (TPSA) is 79.9 Å². The molecule has 1 aliphatic heterocycles. The predicted octanol–water partition coefficient (Wildman–Crippen LogP) is 16.7. The van der Waals surface area contributed by atoms with Crippen molar-refractivity contribution in [1.82, 2.24) is 15.5 Å². The van der Waals surface area contributed by atoms with Crippen LogP contribution in [-0.2, 0) is 19.1 Å².